The highest BCUT2D eigenvalue weighted by atomic mass is 15.2. The maximum atomic E-state index is 5.15. The Balaban J connectivity index is 1.85. The first kappa shape index (κ1) is 18.1. The minimum Gasteiger partial charge on any atom is -0.297 e. The van der Waals surface area contributed by atoms with Crippen molar-refractivity contribution in [2.75, 3.05) is 13.1 Å². The highest BCUT2D eigenvalue weighted by Gasteiger charge is 2.39. The molecule has 3 nitrogen and oxygen atoms in total. The summed E-state index contributed by atoms with van der Waals surface area (Å²) in [5.74, 6) is 0.981. The fourth-order valence-corrected chi connectivity index (χ4v) is 4.16. The van der Waals surface area contributed by atoms with E-state index in [1.807, 2.05) is 0 Å². The summed E-state index contributed by atoms with van der Waals surface area (Å²) < 4.78 is 0. The van der Waals surface area contributed by atoms with Crippen LogP contribution in [0, 0.1) is 0 Å². The first-order valence-electron chi connectivity index (χ1n) is 9.95. The second-order valence-electron chi connectivity index (χ2n) is 9.04. The van der Waals surface area contributed by atoms with Crippen molar-refractivity contribution in [2.45, 2.75) is 51.5 Å². The topological polar surface area (TPSA) is 29.0 Å². The van der Waals surface area contributed by atoms with E-state index in [-0.39, 0.29) is 11.0 Å². The van der Waals surface area contributed by atoms with E-state index < -0.39 is 0 Å². The lowest BCUT2D eigenvalue weighted by atomic mass is 9.79. The van der Waals surface area contributed by atoms with Crippen molar-refractivity contribution in [3.05, 3.63) is 60.4 Å². The zero-order valence-electron chi connectivity index (χ0n) is 16.9. The molecular weight excluding hydrogens is 330 g/mol. The molecule has 0 N–H and O–H groups in total. The zero-order chi connectivity index (χ0) is 19.1. The van der Waals surface area contributed by atoms with Gasteiger partial charge in [0.1, 0.15) is 5.82 Å². The molecule has 3 heteroatoms. The maximum Gasteiger partial charge on any atom is 0.136 e. The van der Waals surface area contributed by atoms with Gasteiger partial charge in [-0.1, -0.05) is 55.5 Å². The molecule has 1 unspecified atom stereocenters. The molecule has 0 aliphatic carbocycles. The number of likely N-dealkylation sites (tertiary alicyclic amines) is 1. The second-order valence-corrected chi connectivity index (χ2v) is 9.04. The molecule has 0 bridgehead atoms. The average Bonchev–Trinajstić information content (AvgIpc) is 2.67. The molecule has 3 aromatic rings. The van der Waals surface area contributed by atoms with Crippen molar-refractivity contribution >= 4 is 10.9 Å². The van der Waals surface area contributed by atoms with Crippen LogP contribution in [0.1, 0.15) is 46.4 Å². The molecule has 4 rings (SSSR count). The van der Waals surface area contributed by atoms with Crippen LogP contribution in [0.4, 0.5) is 0 Å². The third-order valence-corrected chi connectivity index (χ3v) is 5.84. The van der Waals surface area contributed by atoms with Crippen LogP contribution in [0.3, 0.4) is 0 Å². The fraction of sp³-hybridized carbons (Fsp3) is 0.417. The molecule has 27 heavy (non-hydrogen) atoms. The van der Waals surface area contributed by atoms with Crippen LogP contribution >= 0.6 is 0 Å². The predicted octanol–water partition coefficient (Wildman–Crippen LogP) is 5.45. The van der Waals surface area contributed by atoms with Gasteiger partial charge in [0.25, 0.3) is 0 Å². The zero-order valence-corrected chi connectivity index (χ0v) is 16.9. The Morgan fingerprint density at radius 3 is 2.37 bits per heavy atom. The van der Waals surface area contributed by atoms with Gasteiger partial charge in [-0.3, -0.25) is 4.90 Å². The molecule has 1 aromatic heterocycles. The van der Waals surface area contributed by atoms with Crippen molar-refractivity contribution in [1.82, 2.24) is 14.9 Å². The number of hydrogen-bond donors (Lipinski definition) is 0. The number of para-hydroxylation sites is 1. The van der Waals surface area contributed by atoms with Crippen LogP contribution < -0.4 is 0 Å². The number of nitrogens with zero attached hydrogens (tertiary/aromatic N) is 3. The van der Waals surface area contributed by atoms with Crippen molar-refractivity contribution in [3.63, 3.8) is 0 Å². The van der Waals surface area contributed by atoms with Crippen LogP contribution in [0.2, 0.25) is 0 Å². The van der Waals surface area contributed by atoms with Crippen molar-refractivity contribution in [3.8, 4) is 11.3 Å². The number of hydrogen-bond acceptors (Lipinski definition) is 3. The molecule has 0 radical (unpaired) electrons. The van der Waals surface area contributed by atoms with E-state index in [9.17, 15) is 0 Å². The number of rotatable bonds is 2. The van der Waals surface area contributed by atoms with E-state index >= 15 is 0 Å². The van der Waals surface area contributed by atoms with Crippen LogP contribution in [0.15, 0.2) is 54.6 Å². The predicted molar refractivity (Wildman–Crippen MR) is 113 cm³/mol. The molecule has 1 saturated heterocycles. The summed E-state index contributed by atoms with van der Waals surface area (Å²) in [6, 6.07) is 18.9. The summed E-state index contributed by atoms with van der Waals surface area (Å²) in [6.45, 7) is 11.4. The Kier molecular flexibility index (Phi) is 4.51. The summed E-state index contributed by atoms with van der Waals surface area (Å²) in [7, 11) is 0. The maximum absolute atomic E-state index is 5.15. The molecule has 0 saturated carbocycles. The van der Waals surface area contributed by atoms with Gasteiger partial charge < -0.3 is 0 Å². The summed E-state index contributed by atoms with van der Waals surface area (Å²) in [5, 5.41) is 1.12. The van der Waals surface area contributed by atoms with Gasteiger partial charge in [0, 0.05) is 28.4 Å². The Bertz CT molecular complexity index is 943. The van der Waals surface area contributed by atoms with Crippen LogP contribution in [-0.4, -0.2) is 33.5 Å². The normalized spacial score (nSPS) is 21.5. The van der Waals surface area contributed by atoms with Crippen LogP contribution in [0.25, 0.3) is 22.2 Å². The van der Waals surface area contributed by atoms with Gasteiger partial charge in [-0.25, -0.2) is 9.97 Å². The Morgan fingerprint density at radius 1 is 0.926 bits per heavy atom. The molecule has 2 aromatic carbocycles. The van der Waals surface area contributed by atoms with Crippen LogP contribution in [-0.2, 0) is 5.41 Å². The monoisotopic (exact) mass is 359 g/mol. The summed E-state index contributed by atoms with van der Waals surface area (Å²) in [4.78, 5) is 12.8. The minimum atomic E-state index is -0.0287. The molecule has 0 spiro atoms. The highest BCUT2D eigenvalue weighted by Crippen LogP contribution is 2.37. The lowest BCUT2D eigenvalue weighted by Crippen LogP contribution is -2.52. The molecule has 2 heterocycles. The van der Waals surface area contributed by atoms with E-state index in [1.165, 1.54) is 6.42 Å². The van der Waals surface area contributed by atoms with Gasteiger partial charge in [0.05, 0.1) is 11.2 Å². The molecular formula is C24H29N3. The summed E-state index contributed by atoms with van der Waals surface area (Å²) >= 11 is 0. The van der Waals surface area contributed by atoms with Crippen molar-refractivity contribution in [1.29, 1.82) is 0 Å². The smallest absolute Gasteiger partial charge is 0.136 e. The highest BCUT2D eigenvalue weighted by molar-refractivity contribution is 5.92. The minimum absolute atomic E-state index is 0.0287. The van der Waals surface area contributed by atoms with E-state index in [1.54, 1.807) is 0 Å². The van der Waals surface area contributed by atoms with Gasteiger partial charge in [0.2, 0.25) is 0 Å². The number of fused-ring (bicyclic) bond motifs is 1. The van der Waals surface area contributed by atoms with Gasteiger partial charge in [0.15, 0.2) is 0 Å². The third-order valence-electron chi connectivity index (χ3n) is 5.84. The van der Waals surface area contributed by atoms with E-state index in [0.29, 0.717) is 0 Å². The van der Waals surface area contributed by atoms with Crippen molar-refractivity contribution < 1.29 is 0 Å². The Morgan fingerprint density at radius 2 is 1.63 bits per heavy atom. The molecule has 140 valence electrons. The van der Waals surface area contributed by atoms with E-state index in [4.69, 9.17) is 9.97 Å². The first-order chi connectivity index (χ1) is 12.9. The van der Waals surface area contributed by atoms with Crippen molar-refractivity contribution in [2.24, 2.45) is 0 Å². The SMILES string of the molecule is CC1(c2nc(-c3ccccc3)c3ccccc3n2)CCCN(C(C)(C)C)C1. The van der Waals surface area contributed by atoms with Gasteiger partial charge >= 0.3 is 0 Å². The largest absolute Gasteiger partial charge is 0.297 e. The van der Waals surface area contributed by atoms with Gasteiger partial charge in [-0.15, -0.1) is 0 Å². The van der Waals surface area contributed by atoms with E-state index in [2.05, 4.69) is 87.2 Å². The molecule has 0 amide bonds. The fourth-order valence-electron chi connectivity index (χ4n) is 4.16. The lowest BCUT2D eigenvalue weighted by Gasteiger charge is -2.46. The van der Waals surface area contributed by atoms with E-state index in [0.717, 1.165) is 47.5 Å². The standard InChI is InChI=1S/C24H29N3/c1-23(2,3)27-16-10-15-24(4,17-27)22-25-20-14-9-8-13-19(20)21(26-22)18-11-6-5-7-12-18/h5-9,11-14H,10,15-17H2,1-4H3. The summed E-state index contributed by atoms with van der Waals surface area (Å²) in [5.41, 5.74) is 3.38. The Labute approximate surface area is 162 Å². The molecule has 1 atom stereocenters. The summed E-state index contributed by atoms with van der Waals surface area (Å²) in [6.07, 6.45) is 2.32. The third kappa shape index (κ3) is 3.49. The van der Waals surface area contributed by atoms with Gasteiger partial charge in [-0.05, 0) is 46.2 Å². The number of aromatic nitrogens is 2. The number of benzene rings is 2. The average molecular weight is 360 g/mol. The molecule has 1 aliphatic rings. The van der Waals surface area contributed by atoms with Gasteiger partial charge in [-0.2, -0.15) is 0 Å². The molecule has 1 aliphatic heterocycles. The van der Waals surface area contributed by atoms with Crippen LogP contribution in [0.5, 0.6) is 0 Å². The first-order valence-corrected chi connectivity index (χ1v) is 9.95. The lowest BCUT2D eigenvalue weighted by molar-refractivity contribution is 0.0655. The molecule has 1 fully saturated rings. The quantitative estimate of drug-likeness (QED) is 0.609. The Hall–Kier alpha value is -2.26. The second kappa shape index (κ2) is 6.72. The number of piperidine rings is 1.